The number of amides is 1. The SMILES string of the molecule is CCOC1CC(Nc2ccc(NC(C)=O)c(Cl)c2)C1OC. The van der Waals surface area contributed by atoms with Crippen LogP contribution in [0, 0.1) is 0 Å². The minimum absolute atomic E-state index is 0.0405. The molecule has 0 saturated heterocycles. The standard InChI is InChI=1S/C15H21ClN2O3/c1-4-21-14-8-13(15(14)20-3)18-10-5-6-12(11(16)7-10)17-9(2)19/h5-7,13-15,18H,4,8H2,1-3H3,(H,17,19). The summed E-state index contributed by atoms with van der Waals surface area (Å²) in [5, 5.41) is 6.57. The molecule has 1 aliphatic carbocycles. The van der Waals surface area contributed by atoms with Crippen molar-refractivity contribution in [2.45, 2.75) is 38.5 Å². The van der Waals surface area contributed by atoms with Gasteiger partial charge in [0.05, 0.1) is 22.9 Å². The molecule has 0 aliphatic heterocycles. The van der Waals surface area contributed by atoms with Gasteiger partial charge in [-0.05, 0) is 31.5 Å². The first-order chi connectivity index (χ1) is 10.0. The third kappa shape index (κ3) is 3.87. The molecule has 1 fully saturated rings. The molecular formula is C15H21ClN2O3. The van der Waals surface area contributed by atoms with Gasteiger partial charge in [0.15, 0.2) is 0 Å². The first kappa shape index (κ1) is 16.1. The Morgan fingerprint density at radius 3 is 2.81 bits per heavy atom. The predicted octanol–water partition coefficient (Wildman–Crippen LogP) is 2.90. The molecule has 1 saturated carbocycles. The van der Waals surface area contributed by atoms with Gasteiger partial charge < -0.3 is 20.1 Å². The summed E-state index contributed by atoms with van der Waals surface area (Å²) in [6, 6.07) is 5.67. The number of hydrogen-bond acceptors (Lipinski definition) is 4. The predicted molar refractivity (Wildman–Crippen MR) is 84.0 cm³/mol. The van der Waals surface area contributed by atoms with E-state index in [9.17, 15) is 4.79 Å². The van der Waals surface area contributed by atoms with E-state index in [0.717, 1.165) is 12.1 Å². The molecule has 2 N–H and O–H groups in total. The monoisotopic (exact) mass is 312 g/mol. The highest BCUT2D eigenvalue weighted by Gasteiger charge is 2.42. The van der Waals surface area contributed by atoms with Gasteiger partial charge >= 0.3 is 0 Å². The second kappa shape index (κ2) is 7.11. The molecule has 2 rings (SSSR count). The van der Waals surface area contributed by atoms with Crippen molar-refractivity contribution in [3.8, 4) is 0 Å². The van der Waals surface area contributed by atoms with Crippen LogP contribution in [0.2, 0.25) is 5.02 Å². The summed E-state index contributed by atoms with van der Waals surface area (Å²) < 4.78 is 11.1. The zero-order valence-electron chi connectivity index (χ0n) is 12.5. The maximum absolute atomic E-state index is 11.0. The van der Waals surface area contributed by atoms with E-state index in [2.05, 4.69) is 10.6 Å². The van der Waals surface area contributed by atoms with Crippen molar-refractivity contribution in [3.05, 3.63) is 23.2 Å². The van der Waals surface area contributed by atoms with Gasteiger partial charge in [-0.15, -0.1) is 0 Å². The topological polar surface area (TPSA) is 59.6 Å². The van der Waals surface area contributed by atoms with Gasteiger partial charge in [-0.1, -0.05) is 11.6 Å². The molecule has 0 radical (unpaired) electrons. The summed E-state index contributed by atoms with van der Waals surface area (Å²) in [6.07, 6.45) is 1.09. The lowest BCUT2D eigenvalue weighted by atomic mass is 9.85. The van der Waals surface area contributed by atoms with E-state index in [-0.39, 0.29) is 24.2 Å². The Morgan fingerprint density at radius 1 is 1.48 bits per heavy atom. The summed E-state index contributed by atoms with van der Waals surface area (Å²) in [6.45, 7) is 4.12. The lowest BCUT2D eigenvalue weighted by Gasteiger charge is -2.43. The van der Waals surface area contributed by atoms with Crippen molar-refractivity contribution < 1.29 is 14.3 Å². The zero-order valence-corrected chi connectivity index (χ0v) is 13.2. The fourth-order valence-corrected chi connectivity index (χ4v) is 2.75. The number of anilines is 2. The van der Waals surface area contributed by atoms with Crippen LogP contribution in [-0.2, 0) is 14.3 Å². The number of benzene rings is 1. The number of nitrogens with one attached hydrogen (secondary N) is 2. The van der Waals surface area contributed by atoms with Crippen LogP contribution in [0.4, 0.5) is 11.4 Å². The lowest BCUT2D eigenvalue weighted by Crippen LogP contribution is -2.56. The molecule has 0 bridgehead atoms. The number of carbonyl (C=O) groups excluding carboxylic acids is 1. The summed E-state index contributed by atoms with van der Waals surface area (Å²) in [5.74, 6) is -0.143. The van der Waals surface area contributed by atoms with Gasteiger partial charge in [-0.2, -0.15) is 0 Å². The van der Waals surface area contributed by atoms with Crippen LogP contribution in [0.3, 0.4) is 0 Å². The Bertz CT molecular complexity index is 510. The van der Waals surface area contributed by atoms with Crippen LogP contribution in [0.25, 0.3) is 0 Å². The average molecular weight is 313 g/mol. The third-order valence-electron chi connectivity index (χ3n) is 3.53. The Balaban J connectivity index is 1.98. The van der Waals surface area contributed by atoms with Gasteiger partial charge in [-0.3, -0.25) is 4.79 Å². The van der Waals surface area contributed by atoms with E-state index in [4.69, 9.17) is 21.1 Å². The van der Waals surface area contributed by atoms with E-state index in [0.29, 0.717) is 17.3 Å². The first-order valence-electron chi connectivity index (χ1n) is 7.03. The highest BCUT2D eigenvalue weighted by Crippen LogP contribution is 2.32. The second-order valence-corrected chi connectivity index (χ2v) is 5.46. The molecular weight excluding hydrogens is 292 g/mol. The van der Waals surface area contributed by atoms with Gasteiger partial charge in [0.25, 0.3) is 0 Å². The maximum Gasteiger partial charge on any atom is 0.221 e. The van der Waals surface area contributed by atoms with Gasteiger partial charge in [0.1, 0.15) is 6.10 Å². The molecule has 0 aromatic heterocycles. The van der Waals surface area contributed by atoms with Crippen molar-refractivity contribution in [3.63, 3.8) is 0 Å². The second-order valence-electron chi connectivity index (χ2n) is 5.06. The Kier molecular flexibility index (Phi) is 5.45. The summed E-state index contributed by atoms with van der Waals surface area (Å²) in [4.78, 5) is 11.0. The fraction of sp³-hybridized carbons (Fsp3) is 0.533. The largest absolute Gasteiger partial charge is 0.379 e. The van der Waals surface area contributed by atoms with Crippen molar-refractivity contribution in [1.29, 1.82) is 0 Å². The van der Waals surface area contributed by atoms with Crippen LogP contribution in [0.15, 0.2) is 18.2 Å². The molecule has 5 nitrogen and oxygen atoms in total. The van der Waals surface area contributed by atoms with Gasteiger partial charge in [0.2, 0.25) is 5.91 Å². The van der Waals surface area contributed by atoms with Crippen molar-refractivity contribution in [2.24, 2.45) is 0 Å². The number of methoxy groups -OCH3 is 1. The quantitative estimate of drug-likeness (QED) is 0.848. The van der Waals surface area contributed by atoms with E-state index >= 15 is 0 Å². The van der Waals surface area contributed by atoms with Crippen LogP contribution in [0.5, 0.6) is 0 Å². The Labute approximate surface area is 130 Å². The number of rotatable bonds is 6. The molecule has 0 spiro atoms. The van der Waals surface area contributed by atoms with Gasteiger partial charge in [0, 0.05) is 26.3 Å². The van der Waals surface area contributed by atoms with E-state index < -0.39 is 0 Å². The van der Waals surface area contributed by atoms with Crippen molar-refractivity contribution in [1.82, 2.24) is 0 Å². The number of hydrogen-bond donors (Lipinski definition) is 2. The van der Waals surface area contributed by atoms with E-state index in [1.807, 2.05) is 13.0 Å². The van der Waals surface area contributed by atoms with E-state index in [1.165, 1.54) is 6.92 Å². The molecule has 21 heavy (non-hydrogen) atoms. The number of ether oxygens (including phenoxy) is 2. The van der Waals surface area contributed by atoms with Crippen LogP contribution >= 0.6 is 11.6 Å². The Morgan fingerprint density at radius 2 is 2.24 bits per heavy atom. The lowest BCUT2D eigenvalue weighted by molar-refractivity contribution is -0.118. The van der Waals surface area contributed by atoms with Crippen molar-refractivity contribution >= 4 is 28.9 Å². The van der Waals surface area contributed by atoms with Crippen molar-refractivity contribution in [2.75, 3.05) is 24.4 Å². The number of carbonyl (C=O) groups is 1. The maximum atomic E-state index is 11.0. The fourth-order valence-electron chi connectivity index (χ4n) is 2.53. The van der Waals surface area contributed by atoms with Crippen LogP contribution in [-0.4, -0.2) is 37.9 Å². The highest BCUT2D eigenvalue weighted by molar-refractivity contribution is 6.34. The molecule has 116 valence electrons. The van der Waals surface area contributed by atoms with Gasteiger partial charge in [-0.25, -0.2) is 0 Å². The number of halogens is 1. The zero-order chi connectivity index (χ0) is 15.4. The van der Waals surface area contributed by atoms with Crippen LogP contribution in [0.1, 0.15) is 20.3 Å². The van der Waals surface area contributed by atoms with Crippen LogP contribution < -0.4 is 10.6 Å². The third-order valence-corrected chi connectivity index (χ3v) is 3.85. The highest BCUT2D eigenvalue weighted by atomic mass is 35.5. The Hall–Kier alpha value is -1.30. The molecule has 1 aromatic carbocycles. The summed E-state index contributed by atoms with van der Waals surface area (Å²) in [7, 11) is 1.69. The molecule has 0 heterocycles. The molecule has 1 amide bonds. The first-order valence-corrected chi connectivity index (χ1v) is 7.41. The molecule has 3 atom stereocenters. The van der Waals surface area contributed by atoms with E-state index in [1.54, 1.807) is 19.2 Å². The normalized spacial score (nSPS) is 24.3. The summed E-state index contributed by atoms with van der Waals surface area (Å²) in [5.41, 5.74) is 1.51. The molecule has 1 aromatic rings. The molecule has 3 unspecified atom stereocenters. The molecule has 1 aliphatic rings. The minimum atomic E-state index is -0.143. The smallest absolute Gasteiger partial charge is 0.221 e. The summed E-state index contributed by atoms with van der Waals surface area (Å²) >= 11 is 6.16. The minimum Gasteiger partial charge on any atom is -0.379 e. The molecule has 6 heteroatoms. The average Bonchev–Trinajstić information content (AvgIpc) is 2.40.